The van der Waals surface area contributed by atoms with Crippen LogP contribution in [0.4, 0.5) is 5.00 Å². The standard InChI is InChI=1S/C18H18N2O6S2/c1-28(24,25)11-5-2-4-10(8-11)18(23)26-9-14(21)20-17-15(16(19)22)12-6-3-7-13(12)27-17/h2,4-5,8H,3,6-7,9H2,1H3,(H2,19,22)(H,20,21). The maximum absolute atomic E-state index is 12.1. The summed E-state index contributed by atoms with van der Waals surface area (Å²) >= 11 is 1.30. The van der Waals surface area contributed by atoms with Gasteiger partial charge in [0.25, 0.3) is 11.8 Å². The van der Waals surface area contributed by atoms with Crippen LogP contribution in [0.5, 0.6) is 0 Å². The van der Waals surface area contributed by atoms with Crippen LogP contribution >= 0.6 is 11.3 Å². The molecule has 3 N–H and O–H groups in total. The lowest BCUT2D eigenvalue weighted by molar-refractivity contribution is -0.119. The average Bonchev–Trinajstić information content (AvgIpc) is 3.19. The van der Waals surface area contributed by atoms with Gasteiger partial charge >= 0.3 is 5.97 Å². The number of esters is 1. The number of hydrogen-bond donors (Lipinski definition) is 2. The quantitative estimate of drug-likeness (QED) is 0.679. The first-order valence-electron chi connectivity index (χ1n) is 8.38. The smallest absolute Gasteiger partial charge is 0.338 e. The molecule has 1 aliphatic rings. The molecule has 1 heterocycles. The highest BCUT2D eigenvalue weighted by molar-refractivity contribution is 7.90. The topological polar surface area (TPSA) is 133 Å². The van der Waals surface area contributed by atoms with Gasteiger partial charge in [0.1, 0.15) is 5.00 Å². The molecule has 0 aliphatic heterocycles. The van der Waals surface area contributed by atoms with Crippen molar-refractivity contribution >= 4 is 44.0 Å². The number of carbonyl (C=O) groups excluding carboxylic acids is 3. The van der Waals surface area contributed by atoms with E-state index in [4.69, 9.17) is 10.5 Å². The Morgan fingerprint density at radius 2 is 2.00 bits per heavy atom. The first-order chi connectivity index (χ1) is 13.2. The van der Waals surface area contributed by atoms with E-state index in [1.807, 2.05) is 0 Å². The van der Waals surface area contributed by atoms with Crippen LogP contribution in [0.3, 0.4) is 0 Å². The maximum atomic E-state index is 12.1. The van der Waals surface area contributed by atoms with Crippen molar-refractivity contribution in [2.75, 3.05) is 18.2 Å². The van der Waals surface area contributed by atoms with Gasteiger partial charge in [-0.25, -0.2) is 13.2 Å². The van der Waals surface area contributed by atoms with E-state index in [0.29, 0.717) is 10.6 Å². The Hall–Kier alpha value is -2.72. The minimum Gasteiger partial charge on any atom is -0.452 e. The number of carbonyl (C=O) groups is 3. The summed E-state index contributed by atoms with van der Waals surface area (Å²) in [6.07, 6.45) is 3.55. The van der Waals surface area contributed by atoms with Gasteiger partial charge in [-0.3, -0.25) is 9.59 Å². The van der Waals surface area contributed by atoms with Crippen molar-refractivity contribution in [3.8, 4) is 0 Å². The average molecular weight is 422 g/mol. The number of amides is 2. The summed E-state index contributed by atoms with van der Waals surface area (Å²) in [7, 11) is -3.47. The Bertz CT molecular complexity index is 1070. The molecule has 0 unspecified atom stereocenters. The molecule has 148 valence electrons. The fourth-order valence-electron chi connectivity index (χ4n) is 2.98. The molecular formula is C18H18N2O6S2. The third-order valence-electron chi connectivity index (χ3n) is 4.25. The number of aryl methyl sites for hydroxylation is 1. The molecule has 2 aromatic rings. The number of nitrogens with two attached hydrogens (primary N) is 1. The van der Waals surface area contributed by atoms with Crippen LogP contribution in [-0.2, 0) is 32.2 Å². The number of rotatable bonds is 6. The molecule has 0 saturated carbocycles. The molecule has 1 aromatic carbocycles. The fourth-order valence-corrected chi connectivity index (χ4v) is 4.96. The van der Waals surface area contributed by atoms with Crippen molar-refractivity contribution in [3.63, 3.8) is 0 Å². The number of thiophene rings is 1. The number of fused-ring (bicyclic) bond motifs is 1. The van der Waals surface area contributed by atoms with Crippen molar-refractivity contribution in [1.29, 1.82) is 0 Å². The minimum absolute atomic E-state index is 0.0173. The van der Waals surface area contributed by atoms with Crippen LogP contribution in [0.25, 0.3) is 0 Å². The lowest BCUT2D eigenvalue weighted by Gasteiger charge is -2.08. The van der Waals surface area contributed by atoms with Gasteiger partial charge < -0.3 is 15.8 Å². The number of nitrogens with one attached hydrogen (secondary N) is 1. The largest absolute Gasteiger partial charge is 0.452 e. The van der Waals surface area contributed by atoms with E-state index < -0.39 is 34.2 Å². The maximum Gasteiger partial charge on any atom is 0.338 e. The van der Waals surface area contributed by atoms with Gasteiger partial charge in [0, 0.05) is 11.1 Å². The Kier molecular flexibility index (Phi) is 5.52. The predicted molar refractivity (Wildman–Crippen MR) is 103 cm³/mol. The van der Waals surface area contributed by atoms with Gasteiger partial charge in [0.15, 0.2) is 16.4 Å². The Morgan fingerprint density at radius 3 is 2.68 bits per heavy atom. The van der Waals surface area contributed by atoms with Crippen LogP contribution in [0.15, 0.2) is 29.2 Å². The van der Waals surface area contributed by atoms with Gasteiger partial charge in [-0.1, -0.05) is 6.07 Å². The van der Waals surface area contributed by atoms with Gasteiger partial charge in [-0.15, -0.1) is 11.3 Å². The third-order valence-corrected chi connectivity index (χ3v) is 6.57. The summed E-state index contributed by atoms with van der Waals surface area (Å²) in [6, 6.07) is 5.36. The molecule has 10 heteroatoms. The zero-order valence-electron chi connectivity index (χ0n) is 15.0. The van der Waals surface area contributed by atoms with Crippen LogP contribution in [0.1, 0.15) is 37.6 Å². The summed E-state index contributed by atoms with van der Waals surface area (Å²) in [6.45, 7) is -0.581. The number of benzene rings is 1. The first-order valence-corrected chi connectivity index (χ1v) is 11.1. The molecule has 0 radical (unpaired) electrons. The molecule has 8 nitrogen and oxygen atoms in total. The van der Waals surface area contributed by atoms with Gasteiger partial charge in [0.2, 0.25) is 0 Å². The van der Waals surface area contributed by atoms with Gasteiger partial charge in [-0.2, -0.15) is 0 Å². The van der Waals surface area contributed by atoms with E-state index >= 15 is 0 Å². The number of sulfone groups is 1. The first kappa shape index (κ1) is 20.0. The van der Waals surface area contributed by atoms with E-state index in [9.17, 15) is 22.8 Å². The van der Waals surface area contributed by atoms with Crippen molar-refractivity contribution in [2.45, 2.75) is 24.2 Å². The summed E-state index contributed by atoms with van der Waals surface area (Å²) < 4.78 is 28.1. The second kappa shape index (κ2) is 7.72. The lowest BCUT2D eigenvalue weighted by Crippen LogP contribution is -2.22. The molecule has 0 fully saturated rings. The molecule has 0 saturated heterocycles. The fraction of sp³-hybridized carbons (Fsp3) is 0.278. The van der Waals surface area contributed by atoms with E-state index in [2.05, 4.69) is 5.32 Å². The molecule has 0 spiro atoms. The van der Waals surface area contributed by atoms with Crippen molar-refractivity contribution in [1.82, 2.24) is 0 Å². The zero-order chi connectivity index (χ0) is 20.5. The number of hydrogen-bond acceptors (Lipinski definition) is 7. The van der Waals surface area contributed by atoms with Crippen LogP contribution < -0.4 is 11.1 Å². The van der Waals surface area contributed by atoms with E-state index in [1.165, 1.54) is 35.6 Å². The SMILES string of the molecule is CS(=O)(=O)c1cccc(C(=O)OCC(=O)Nc2sc3c(c2C(N)=O)CCC3)c1. The highest BCUT2D eigenvalue weighted by Crippen LogP contribution is 2.38. The van der Waals surface area contributed by atoms with Crippen LogP contribution in [0, 0.1) is 0 Å². The lowest BCUT2D eigenvalue weighted by atomic mass is 10.1. The molecule has 1 aromatic heterocycles. The molecule has 0 bridgehead atoms. The van der Waals surface area contributed by atoms with Crippen LogP contribution in [-0.4, -0.2) is 39.1 Å². The Morgan fingerprint density at radius 1 is 1.25 bits per heavy atom. The van der Waals surface area contributed by atoms with E-state index in [0.717, 1.165) is 36.0 Å². The number of anilines is 1. The molecule has 2 amide bonds. The summed E-state index contributed by atoms with van der Waals surface area (Å²) in [4.78, 5) is 37.0. The Labute approximate surface area is 165 Å². The Balaban J connectivity index is 1.66. The van der Waals surface area contributed by atoms with Crippen LogP contribution in [0.2, 0.25) is 0 Å². The van der Waals surface area contributed by atoms with E-state index in [-0.39, 0.29) is 10.5 Å². The number of ether oxygens (including phenoxy) is 1. The highest BCUT2D eigenvalue weighted by Gasteiger charge is 2.26. The zero-order valence-corrected chi connectivity index (χ0v) is 16.6. The van der Waals surface area contributed by atoms with Gasteiger partial charge in [0.05, 0.1) is 16.0 Å². The summed E-state index contributed by atoms with van der Waals surface area (Å²) in [5.74, 6) is -2.05. The molecule has 0 atom stereocenters. The third kappa shape index (κ3) is 4.23. The van der Waals surface area contributed by atoms with Crippen molar-refractivity contribution in [2.24, 2.45) is 5.73 Å². The molecule has 28 heavy (non-hydrogen) atoms. The monoisotopic (exact) mass is 422 g/mol. The summed E-state index contributed by atoms with van der Waals surface area (Å²) in [5, 5.41) is 2.93. The molecule has 3 rings (SSSR count). The summed E-state index contributed by atoms with van der Waals surface area (Å²) in [5.41, 5.74) is 6.65. The van der Waals surface area contributed by atoms with E-state index in [1.54, 1.807) is 0 Å². The second-order valence-electron chi connectivity index (χ2n) is 6.35. The minimum atomic E-state index is -3.47. The predicted octanol–water partition coefficient (Wildman–Crippen LogP) is 1.53. The highest BCUT2D eigenvalue weighted by atomic mass is 32.2. The molecular weight excluding hydrogens is 404 g/mol. The van der Waals surface area contributed by atoms with Crippen molar-refractivity contribution < 1.29 is 27.5 Å². The molecule has 1 aliphatic carbocycles. The second-order valence-corrected chi connectivity index (χ2v) is 9.47. The van der Waals surface area contributed by atoms with Crippen molar-refractivity contribution in [3.05, 3.63) is 45.8 Å². The van der Waals surface area contributed by atoms with Gasteiger partial charge in [-0.05, 0) is 43.0 Å². The number of primary amides is 1. The normalized spacial score (nSPS) is 13.0.